The number of amides is 1. The summed E-state index contributed by atoms with van der Waals surface area (Å²) in [5, 5.41) is 2.87. The van der Waals surface area contributed by atoms with E-state index in [0.29, 0.717) is 17.9 Å². The van der Waals surface area contributed by atoms with Gasteiger partial charge < -0.3 is 15.8 Å². The van der Waals surface area contributed by atoms with Crippen molar-refractivity contribution in [3.05, 3.63) is 23.9 Å². The lowest BCUT2D eigenvalue weighted by Gasteiger charge is -2.32. The third-order valence-corrected chi connectivity index (χ3v) is 3.20. The Labute approximate surface area is 112 Å². The number of nitrogens with one attached hydrogen (secondary N) is 1. The Morgan fingerprint density at radius 2 is 2.53 bits per heavy atom. The maximum atomic E-state index is 11.9. The van der Waals surface area contributed by atoms with Gasteiger partial charge in [-0.15, -0.1) is 0 Å². The van der Waals surface area contributed by atoms with Crippen molar-refractivity contribution in [2.24, 2.45) is 0 Å². The molecule has 1 atom stereocenters. The van der Waals surface area contributed by atoms with Gasteiger partial charge in [0, 0.05) is 31.4 Å². The monoisotopic (exact) mass is 264 g/mol. The van der Waals surface area contributed by atoms with Gasteiger partial charge in [-0.25, -0.2) is 4.98 Å². The van der Waals surface area contributed by atoms with Crippen LogP contribution in [0.4, 0.5) is 5.82 Å². The number of morpholine rings is 1. The second kappa shape index (κ2) is 6.49. The molecular formula is C13H20N4O2. The largest absolute Gasteiger partial charge is 0.384 e. The van der Waals surface area contributed by atoms with Gasteiger partial charge in [0.15, 0.2) is 0 Å². The highest BCUT2D eigenvalue weighted by atomic mass is 16.5. The smallest absolute Gasteiger partial charge is 0.251 e. The van der Waals surface area contributed by atoms with Crippen molar-refractivity contribution in [1.29, 1.82) is 0 Å². The summed E-state index contributed by atoms with van der Waals surface area (Å²) < 4.78 is 5.63. The molecule has 1 aliphatic heterocycles. The standard InChI is InChI=1S/C13H20N4O2/c1-2-17-5-6-19-11(9-17)8-16-13(18)10-3-4-15-12(14)7-10/h3-4,7,11H,2,5-6,8-9H2,1H3,(H2,14,15)(H,16,18). The zero-order chi connectivity index (χ0) is 13.7. The van der Waals surface area contributed by atoms with E-state index >= 15 is 0 Å². The van der Waals surface area contributed by atoms with Gasteiger partial charge in [0.2, 0.25) is 0 Å². The van der Waals surface area contributed by atoms with E-state index in [9.17, 15) is 4.79 Å². The van der Waals surface area contributed by atoms with Crippen LogP contribution in [0, 0.1) is 0 Å². The minimum Gasteiger partial charge on any atom is -0.384 e. The van der Waals surface area contributed by atoms with Crippen molar-refractivity contribution in [3.63, 3.8) is 0 Å². The lowest BCUT2D eigenvalue weighted by atomic mass is 10.2. The zero-order valence-corrected chi connectivity index (χ0v) is 11.1. The number of anilines is 1. The van der Waals surface area contributed by atoms with E-state index < -0.39 is 0 Å². The first-order valence-electron chi connectivity index (χ1n) is 6.52. The van der Waals surface area contributed by atoms with Crippen LogP contribution in [0.3, 0.4) is 0 Å². The summed E-state index contributed by atoms with van der Waals surface area (Å²) in [6.07, 6.45) is 1.58. The SMILES string of the molecule is CCN1CCOC(CNC(=O)c2ccnc(N)c2)C1. The third-order valence-electron chi connectivity index (χ3n) is 3.20. The summed E-state index contributed by atoms with van der Waals surface area (Å²) in [5.74, 6) is 0.199. The summed E-state index contributed by atoms with van der Waals surface area (Å²) in [7, 11) is 0. The Bertz CT molecular complexity index is 438. The van der Waals surface area contributed by atoms with Crippen LogP contribution in [-0.2, 0) is 4.74 Å². The molecule has 2 rings (SSSR count). The van der Waals surface area contributed by atoms with Gasteiger partial charge >= 0.3 is 0 Å². The highest BCUT2D eigenvalue weighted by molar-refractivity contribution is 5.94. The second-order valence-electron chi connectivity index (χ2n) is 4.57. The number of nitrogen functional groups attached to an aromatic ring is 1. The fourth-order valence-electron chi connectivity index (χ4n) is 2.09. The molecule has 0 radical (unpaired) electrons. The summed E-state index contributed by atoms with van der Waals surface area (Å²) in [5.41, 5.74) is 6.07. The normalized spacial score (nSPS) is 20.2. The molecule has 1 amide bonds. The van der Waals surface area contributed by atoms with Gasteiger partial charge in [0.1, 0.15) is 5.82 Å². The average Bonchev–Trinajstić information content (AvgIpc) is 2.45. The van der Waals surface area contributed by atoms with Crippen molar-refractivity contribution < 1.29 is 9.53 Å². The molecule has 0 aromatic carbocycles. The first-order valence-corrected chi connectivity index (χ1v) is 6.52. The number of nitrogens with two attached hydrogens (primary N) is 1. The molecule has 0 spiro atoms. The van der Waals surface area contributed by atoms with Crippen molar-refractivity contribution >= 4 is 11.7 Å². The van der Waals surface area contributed by atoms with Crippen molar-refractivity contribution in [3.8, 4) is 0 Å². The van der Waals surface area contributed by atoms with Gasteiger partial charge in [-0.05, 0) is 18.7 Å². The van der Waals surface area contributed by atoms with Gasteiger partial charge in [-0.1, -0.05) is 6.92 Å². The number of carbonyl (C=O) groups is 1. The molecule has 3 N–H and O–H groups in total. The number of pyridine rings is 1. The predicted octanol–water partition coefficient (Wildman–Crippen LogP) is 0.114. The van der Waals surface area contributed by atoms with E-state index in [2.05, 4.69) is 22.1 Å². The number of hydrogen-bond acceptors (Lipinski definition) is 5. The fourth-order valence-corrected chi connectivity index (χ4v) is 2.09. The first-order chi connectivity index (χ1) is 9.19. The molecule has 1 aromatic rings. The van der Waals surface area contributed by atoms with Crippen LogP contribution in [0.15, 0.2) is 18.3 Å². The Balaban J connectivity index is 1.83. The zero-order valence-electron chi connectivity index (χ0n) is 11.1. The van der Waals surface area contributed by atoms with E-state index in [-0.39, 0.29) is 12.0 Å². The molecular weight excluding hydrogens is 244 g/mol. The molecule has 1 fully saturated rings. The number of ether oxygens (including phenoxy) is 1. The molecule has 2 heterocycles. The molecule has 0 saturated carbocycles. The second-order valence-corrected chi connectivity index (χ2v) is 4.57. The van der Waals surface area contributed by atoms with E-state index in [1.165, 1.54) is 6.20 Å². The number of nitrogens with zero attached hydrogens (tertiary/aromatic N) is 2. The number of hydrogen-bond donors (Lipinski definition) is 2. The Hall–Kier alpha value is -1.66. The van der Waals surface area contributed by atoms with E-state index in [1.54, 1.807) is 12.1 Å². The third kappa shape index (κ3) is 3.90. The van der Waals surface area contributed by atoms with Crippen molar-refractivity contribution in [1.82, 2.24) is 15.2 Å². The number of rotatable bonds is 4. The van der Waals surface area contributed by atoms with Gasteiger partial charge in [-0.3, -0.25) is 9.69 Å². The number of carbonyl (C=O) groups excluding carboxylic acids is 1. The van der Waals surface area contributed by atoms with Crippen LogP contribution in [-0.4, -0.2) is 54.7 Å². The van der Waals surface area contributed by atoms with Crippen LogP contribution in [0.5, 0.6) is 0 Å². The molecule has 0 bridgehead atoms. The summed E-state index contributed by atoms with van der Waals surface area (Å²) in [6.45, 7) is 6.18. The highest BCUT2D eigenvalue weighted by Crippen LogP contribution is 2.05. The van der Waals surface area contributed by atoms with Crippen molar-refractivity contribution in [2.75, 3.05) is 38.5 Å². The molecule has 6 heteroatoms. The molecule has 1 aliphatic rings. The molecule has 1 saturated heterocycles. The molecule has 0 aliphatic carbocycles. The van der Waals surface area contributed by atoms with Gasteiger partial charge in [0.05, 0.1) is 12.7 Å². The highest BCUT2D eigenvalue weighted by Gasteiger charge is 2.19. The molecule has 19 heavy (non-hydrogen) atoms. The molecule has 6 nitrogen and oxygen atoms in total. The Morgan fingerprint density at radius 3 is 3.26 bits per heavy atom. The van der Waals surface area contributed by atoms with E-state index in [4.69, 9.17) is 10.5 Å². The molecule has 1 unspecified atom stereocenters. The van der Waals surface area contributed by atoms with Crippen LogP contribution < -0.4 is 11.1 Å². The summed E-state index contributed by atoms with van der Waals surface area (Å²) in [6, 6.07) is 3.21. The molecule has 1 aromatic heterocycles. The first kappa shape index (κ1) is 13.8. The quantitative estimate of drug-likeness (QED) is 0.807. The van der Waals surface area contributed by atoms with Gasteiger partial charge in [-0.2, -0.15) is 0 Å². The van der Waals surface area contributed by atoms with Gasteiger partial charge in [0.25, 0.3) is 5.91 Å². The lowest BCUT2D eigenvalue weighted by Crippen LogP contribution is -2.47. The predicted molar refractivity (Wildman–Crippen MR) is 72.8 cm³/mol. The minimum atomic E-state index is -0.147. The van der Waals surface area contributed by atoms with E-state index in [0.717, 1.165) is 26.2 Å². The van der Waals surface area contributed by atoms with Crippen LogP contribution in [0.2, 0.25) is 0 Å². The topological polar surface area (TPSA) is 80.5 Å². The average molecular weight is 264 g/mol. The summed E-state index contributed by atoms with van der Waals surface area (Å²) in [4.78, 5) is 18.1. The fraction of sp³-hybridized carbons (Fsp3) is 0.538. The maximum Gasteiger partial charge on any atom is 0.251 e. The van der Waals surface area contributed by atoms with Crippen LogP contribution >= 0.6 is 0 Å². The summed E-state index contributed by atoms with van der Waals surface area (Å²) >= 11 is 0. The van der Waals surface area contributed by atoms with Crippen molar-refractivity contribution in [2.45, 2.75) is 13.0 Å². The maximum absolute atomic E-state index is 11.9. The Kier molecular flexibility index (Phi) is 4.70. The minimum absolute atomic E-state index is 0.0526. The number of aromatic nitrogens is 1. The Morgan fingerprint density at radius 1 is 1.68 bits per heavy atom. The lowest BCUT2D eigenvalue weighted by molar-refractivity contribution is -0.0246. The number of likely N-dealkylation sites (N-methyl/N-ethyl adjacent to an activating group) is 1. The molecule has 104 valence electrons. The van der Waals surface area contributed by atoms with E-state index in [1.807, 2.05) is 0 Å². The van der Waals surface area contributed by atoms with Crippen LogP contribution in [0.25, 0.3) is 0 Å². The van der Waals surface area contributed by atoms with Crippen LogP contribution in [0.1, 0.15) is 17.3 Å².